The van der Waals surface area contributed by atoms with Gasteiger partial charge in [0, 0.05) is 50.8 Å². The quantitative estimate of drug-likeness (QED) is 0.767. The molecule has 0 saturated heterocycles. The number of amides is 2. The average molecular weight is 313 g/mol. The highest BCUT2D eigenvalue weighted by molar-refractivity contribution is 5.94. The minimum Gasteiger partial charge on any atom is -0.378 e. The van der Waals surface area contributed by atoms with Crippen molar-refractivity contribution in [1.82, 2.24) is 20.6 Å². The van der Waals surface area contributed by atoms with Crippen LogP contribution in [0.4, 0.5) is 5.69 Å². The molecule has 2 amide bonds. The Bertz CT molecular complexity index is 656. The SMILES string of the molecule is CN(C)c1ccc(C(=O)NCCNC(=O)c2cnccn2)cc1. The lowest BCUT2D eigenvalue weighted by Crippen LogP contribution is -2.35. The number of aromatic nitrogens is 2. The Morgan fingerprint density at radius 3 is 2.22 bits per heavy atom. The lowest BCUT2D eigenvalue weighted by molar-refractivity contribution is 0.0925. The van der Waals surface area contributed by atoms with Crippen molar-refractivity contribution < 1.29 is 9.59 Å². The second kappa shape index (κ2) is 7.88. The van der Waals surface area contributed by atoms with Gasteiger partial charge in [-0.3, -0.25) is 14.6 Å². The van der Waals surface area contributed by atoms with E-state index in [2.05, 4.69) is 20.6 Å². The molecule has 0 atom stereocenters. The zero-order valence-electron chi connectivity index (χ0n) is 13.1. The summed E-state index contributed by atoms with van der Waals surface area (Å²) in [4.78, 5) is 33.4. The van der Waals surface area contributed by atoms with Crippen LogP contribution in [0.3, 0.4) is 0 Å². The number of benzene rings is 1. The molecular weight excluding hydrogens is 294 g/mol. The second-order valence-electron chi connectivity index (χ2n) is 5.04. The third-order valence-corrected chi connectivity index (χ3v) is 3.14. The summed E-state index contributed by atoms with van der Waals surface area (Å²) >= 11 is 0. The summed E-state index contributed by atoms with van der Waals surface area (Å²) in [6.07, 6.45) is 4.34. The molecular formula is C16H19N5O2. The van der Waals surface area contributed by atoms with Crippen LogP contribution in [0.15, 0.2) is 42.9 Å². The van der Waals surface area contributed by atoms with Crippen LogP contribution in [-0.4, -0.2) is 49.0 Å². The molecule has 0 aliphatic rings. The fourth-order valence-corrected chi connectivity index (χ4v) is 1.87. The molecule has 0 bridgehead atoms. The van der Waals surface area contributed by atoms with Crippen LogP contribution in [0.25, 0.3) is 0 Å². The summed E-state index contributed by atoms with van der Waals surface area (Å²) in [5.41, 5.74) is 1.85. The molecule has 0 unspecified atom stereocenters. The molecule has 0 fully saturated rings. The fourth-order valence-electron chi connectivity index (χ4n) is 1.87. The monoisotopic (exact) mass is 313 g/mol. The number of carbonyl (C=O) groups is 2. The summed E-state index contributed by atoms with van der Waals surface area (Å²) in [5.74, 6) is -0.494. The molecule has 7 heteroatoms. The minimum atomic E-state index is -0.317. The van der Waals surface area contributed by atoms with Gasteiger partial charge < -0.3 is 15.5 Å². The van der Waals surface area contributed by atoms with Crippen molar-refractivity contribution in [3.63, 3.8) is 0 Å². The van der Waals surface area contributed by atoms with Crippen LogP contribution in [0.5, 0.6) is 0 Å². The minimum absolute atomic E-state index is 0.177. The molecule has 0 aliphatic heterocycles. The Morgan fingerprint density at radius 1 is 1.00 bits per heavy atom. The molecule has 23 heavy (non-hydrogen) atoms. The normalized spacial score (nSPS) is 10.0. The Morgan fingerprint density at radius 2 is 1.65 bits per heavy atom. The van der Waals surface area contributed by atoms with E-state index in [1.165, 1.54) is 18.6 Å². The first-order valence-corrected chi connectivity index (χ1v) is 7.17. The van der Waals surface area contributed by atoms with E-state index in [1.54, 1.807) is 12.1 Å². The van der Waals surface area contributed by atoms with Crippen LogP contribution in [0, 0.1) is 0 Å². The van der Waals surface area contributed by atoms with E-state index in [0.717, 1.165) is 5.69 Å². The third kappa shape index (κ3) is 4.77. The second-order valence-corrected chi connectivity index (χ2v) is 5.04. The summed E-state index contributed by atoms with van der Waals surface area (Å²) in [6, 6.07) is 7.29. The molecule has 0 saturated carbocycles. The van der Waals surface area contributed by atoms with Crippen molar-refractivity contribution in [3.8, 4) is 0 Å². The van der Waals surface area contributed by atoms with Gasteiger partial charge in [0.05, 0.1) is 6.20 Å². The van der Waals surface area contributed by atoms with Crippen LogP contribution >= 0.6 is 0 Å². The van der Waals surface area contributed by atoms with Gasteiger partial charge in [-0.15, -0.1) is 0 Å². The Labute approximate surface area is 134 Å². The molecule has 120 valence electrons. The van der Waals surface area contributed by atoms with E-state index >= 15 is 0 Å². The van der Waals surface area contributed by atoms with Crippen molar-refractivity contribution >= 4 is 17.5 Å². The van der Waals surface area contributed by atoms with E-state index < -0.39 is 0 Å². The van der Waals surface area contributed by atoms with Gasteiger partial charge in [-0.25, -0.2) is 4.98 Å². The highest BCUT2D eigenvalue weighted by Gasteiger charge is 2.07. The van der Waals surface area contributed by atoms with Gasteiger partial charge >= 0.3 is 0 Å². The predicted octanol–water partition coefficient (Wildman–Crippen LogP) is 0.702. The lowest BCUT2D eigenvalue weighted by Gasteiger charge is -2.12. The molecule has 1 heterocycles. The van der Waals surface area contributed by atoms with E-state index in [9.17, 15) is 9.59 Å². The standard InChI is InChI=1S/C16H19N5O2/c1-21(2)13-5-3-12(4-6-13)15(22)19-9-10-20-16(23)14-11-17-7-8-18-14/h3-8,11H,9-10H2,1-2H3,(H,19,22)(H,20,23). The van der Waals surface area contributed by atoms with Crippen molar-refractivity contribution in [1.29, 1.82) is 0 Å². The summed E-state index contributed by atoms with van der Waals surface area (Å²) in [5, 5.41) is 5.42. The number of nitrogens with zero attached hydrogens (tertiary/aromatic N) is 3. The van der Waals surface area contributed by atoms with Gasteiger partial charge in [-0.2, -0.15) is 0 Å². The molecule has 1 aromatic carbocycles. The number of hydrogen-bond donors (Lipinski definition) is 2. The highest BCUT2D eigenvalue weighted by Crippen LogP contribution is 2.11. The number of hydrogen-bond acceptors (Lipinski definition) is 5. The van der Waals surface area contributed by atoms with Gasteiger partial charge in [0.2, 0.25) is 0 Å². The summed E-state index contributed by atoms with van der Waals surface area (Å²) in [6.45, 7) is 0.650. The van der Waals surface area contributed by atoms with E-state index in [-0.39, 0.29) is 17.5 Å². The first-order chi connectivity index (χ1) is 11.1. The van der Waals surface area contributed by atoms with Gasteiger partial charge in [-0.05, 0) is 24.3 Å². The smallest absolute Gasteiger partial charge is 0.271 e. The Hall–Kier alpha value is -2.96. The fraction of sp³-hybridized carbons (Fsp3) is 0.250. The third-order valence-electron chi connectivity index (χ3n) is 3.14. The first kappa shape index (κ1) is 16.4. The van der Waals surface area contributed by atoms with E-state index in [0.29, 0.717) is 18.7 Å². The molecule has 1 aromatic heterocycles. The largest absolute Gasteiger partial charge is 0.378 e. The van der Waals surface area contributed by atoms with Crippen molar-refractivity contribution in [2.75, 3.05) is 32.1 Å². The molecule has 0 spiro atoms. The molecule has 7 nitrogen and oxygen atoms in total. The maximum absolute atomic E-state index is 12.0. The number of anilines is 1. The topological polar surface area (TPSA) is 87.2 Å². The number of carbonyl (C=O) groups excluding carboxylic acids is 2. The highest BCUT2D eigenvalue weighted by atomic mass is 16.2. The number of rotatable bonds is 6. The zero-order valence-corrected chi connectivity index (χ0v) is 13.1. The van der Waals surface area contributed by atoms with E-state index in [1.807, 2.05) is 31.1 Å². The van der Waals surface area contributed by atoms with Crippen molar-refractivity contribution in [3.05, 3.63) is 54.1 Å². The molecule has 2 aromatic rings. The van der Waals surface area contributed by atoms with Crippen molar-refractivity contribution in [2.24, 2.45) is 0 Å². The Balaban J connectivity index is 1.75. The van der Waals surface area contributed by atoms with E-state index in [4.69, 9.17) is 0 Å². The van der Waals surface area contributed by atoms with Crippen LogP contribution < -0.4 is 15.5 Å². The maximum Gasteiger partial charge on any atom is 0.271 e. The van der Waals surface area contributed by atoms with Crippen molar-refractivity contribution in [2.45, 2.75) is 0 Å². The summed E-state index contributed by atoms with van der Waals surface area (Å²) in [7, 11) is 3.88. The van der Waals surface area contributed by atoms with Crippen LogP contribution in [0.1, 0.15) is 20.8 Å². The zero-order chi connectivity index (χ0) is 16.7. The lowest BCUT2D eigenvalue weighted by atomic mass is 10.2. The molecule has 2 N–H and O–H groups in total. The van der Waals surface area contributed by atoms with Gasteiger partial charge in [0.1, 0.15) is 5.69 Å². The molecule has 2 rings (SSSR count). The number of nitrogens with one attached hydrogen (secondary N) is 2. The van der Waals surface area contributed by atoms with Gasteiger partial charge in [0.25, 0.3) is 11.8 Å². The summed E-state index contributed by atoms with van der Waals surface area (Å²) < 4.78 is 0. The molecule has 0 aliphatic carbocycles. The van der Waals surface area contributed by atoms with Gasteiger partial charge in [-0.1, -0.05) is 0 Å². The Kier molecular flexibility index (Phi) is 5.62. The van der Waals surface area contributed by atoms with Gasteiger partial charge in [0.15, 0.2) is 0 Å². The average Bonchev–Trinajstić information content (AvgIpc) is 2.59. The van der Waals surface area contributed by atoms with Crippen LogP contribution in [0.2, 0.25) is 0 Å². The maximum atomic E-state index is 12.0. The predicted molar refractivity (Wildman–Crippen MR) is 87.5 cm³/mol. The molecule has 0 radical (unpaired) electrons. The first-order valence-electron chi connectivity index (χ1n) is 7.17. The van der Waals surface area contributed by atoms with Crippen LogP contribution in [-0.2, 0) is 0 Å².